The van der Waals surface area contributed by atoms with E-state index >= 15 is 0 Å². The first-order chi connectivity index (χ1) is 12.2. The van der Waals surface area contributed by atoms with Gasteiger partial charge in [-0.15, -0.1) is 0 Å². The van der Waals surface area contributed by atoms with Gasteiger partial charge in [0.15, 0.2) is 0 Å². The highest BCUT2D eigenvalue weighted by Crippen LogP contribution is 2.36. The quantitative estimate of drug-likeness (QED) is 0.587. The molecule has 0 spiro atoms. The fourth-order valence-corrected chi connectivity index (χ4v) is 3.04. The molecule has 0 radical (unpaired) electrons. The van der Waals surface area contributed by atoms with Crippen LogP contribution in [0.3, 0.4) is 0 Å². The molecule has 0 bridgehead atoms. The van der Waals surface area contributed by atoms with Gasteiger partial charge in [-0.3, -0.25) is 5.10 Å². The number of nitrogens with two attached hydrogens (primary N) is 1. The maximum atomic E-state index is 5.77. The zero-order chi connectivity index (χ0) is 18.0. The van der Waals surface area contributed by atoms with E-state index in [1.165, 1.54) is 0 Å². The van der Waals surface area contributed by atoms with Crippen LogP contribution in [0.25, 0.3) is 27.5 Å². The van der Waals surface area contributed by atoms with E-state index in [0.717, 1.165) is 38.9 Å². The minimum Gasteiger partial charge on any atom is -0.492 e. The van der Waals surface area contributed by atoms with Crippen LogP contribution in [0.1, 0.15) is 26.3 Å². The second kappa shape index (κ2) is 6.84. The van der Waals surface area contributed by atoms with E-state index in [0.29, 0.717) is 12.4 Å². The third kappa shape index (κ3) is 2.91. The molecule has 3 N–H and O–H groups in total. The molecule has 0 saturated heterocycles. The lowest BCUT2D eigenvalue weighted by Gasteiger charge is -2.12. The minimum absolute atomic E-state index is 0.513. The highest BCUT2D eigenvalue weighted by molar-refractivity contribution is 5.99. The zero-order valence-electron chi connectivity index (χ0n) is 15.0. The van der Waals surface area contributed by atoms with Crippen LogP contribution >= 0.6 is 0 Å². The van der Waals surface area contributed by atoms with Crippen LogP contribution in [-0.2, 0) is 0 Å². The Morgan fingerprint density at radius 3 is 2.80 bits per heavy atom. The van der Waals surface area contributed by atoms with Gasteiger partial charge in [-0.25, -0.2) is 4.52 Å². The number of H-pyrrole nitrogens is 1. The summed E-state index contributed by atoms with van der Waals surface area (Å²) in [6.45, 7) is 8.68. The Morgan fingerprint density at radius 2 is 2.04 bits per heavy atom. The maximum absolute atomic E-state index is 5.77. The van der Waals surface area contributed by atoms with E-state index < -0.39 is 0 Å². The molecule has 3 aromatic heterocycles. The first kappa shape index (κ1) is 16.8. The molecule has 1 aromatic carbocycles. The van der Waals surface area contributed by atoms with Crippen LogP contribution < -0.4 is 10.5 Å². The monoisotopic (exact) mass is 337 g/mol. The fourth-order valence-electron chi connectivity index (χ4n) is 3.04. The van der Waals surface area contributed by atoms with Gasteiger partial charge in [0.25, 0.3) is 0 Å². The number of benzene rings is 1. The number of fused-ring (bicyclic) bond motifs is 2. The van der Waals surface area contributed by atoms with Gasteiger partial charge in [0.2, 0.25) is 0 Å². The second-order valence-corrected chi connectivity index (χ2v) is 5.51. The Bertz CT molecular complexity index is 1020. The van der Waals surface area contributed by atoms with Crippen LogP contribution in [-0.4, -0.2) is 26.4 Å². The van der Waals surface area contributed by atoms with Crippen molar-refractivity contribution in [3.8, 4) is 16.9 Å². The molecular formula is C19H23N5O. The van der Waals surface area contributed by atoms with Crippen LogP contribution in [0.4, 0.5) is 5.82 Å². The van der Waals surface area contributed by atoms with E-state index in [4.69, 9.17) is 10.5 Å². The van der Waals surface area contributed by atoms with Crippen molar-refractivity contribution in [1.82, 2.24) is 19.8 Å². The molecule has 130 valence electrons. The Labute approximate surface area is 146 Å². The summed E-state index contributed by atoms with van der Waals surface area (Å²) in [5.74, 6) is 1.34. The zero-order valence-corrected chi connectivity index (χ0v) is 15.0. The number of nitrogens with one attached hydrogen (secondary N) is 1. The molecule has 6 heteroatoms. The van der Waals surface area contributed by atoms with Gasteiger partial charge in [0, 0.05) is 17.6 Å². The standard InChI is InChI=1S/C17H17N5O.C2H6/c1-3-23-14-6-10(2)16(13-9-19-20-17(13)14)11-4-5-22-12(7-11)8-15(18)21-22;1-2/h4-9H,3H2,1-2H3,(H2,18,21)(H,19,20);1-2H3. The molecule has 4 rings (SSSR count). The number of aromatic nitrogens is 4. The SMILES string of the molecule is CC.CCOc1cc(C)c(-c2ccn3nc(N)cc3c2)c2cn[nH]c12. The average molecular weight is 337 g/mol. The normalized spacial score (nSPS) is 10.7. The molecule has 0 aliphatic heterocycles. The summed E-state index contributed by atoms with van der Waals surface area (Å²) in [6, 6.07) is 8.03. The number of nitrogen functional groups attached to an aromatic ring is 1. The molecule has 3 heterocycles. The van der Waals surface area contributed by atoms with E-state index in [9.17, 15) is 0 Å². The molecular weight excluding hydrogens is 314 g/mol. The number of anilines is 1. The molecule has 0 atom stereocenters. The summed E-state index contributed by atoms with van der Waals surface area (Å²) in [6.07, 6.45) is 3.76. The van der Waals surface area contributed by atoms with Crippen molar-refractivity contribution in [2.24, 2.45) is 0 Å². The summed E-state index contributed by atoms with van der Waals surface area (Å²) in [5.41, 5.74) is 11.0. The minimum atomic E-state index is 0.513. The molecule has 6 nitrogen and oxygen atoms in total. The van der Waals surface area contributed by atoms with Gasteiger partial charge in [0.1, 0.15) is 17.1 Å². The molecule has 25 heavy (non-hydrogen) atoms. The molecule has 0 fully saturated rings. The van der Waals surface area contributed by atoms with E-state index in [-0.39, 0.29) is 0 Å². The predicted octanol–water partition coefficient (Wildman–Crippen LogP) is 4.19. The van der Waals surface area contributed by atoms with Crippen LogP contribution in [0.15, 0.2) is 36.7 Å². The highest BCUT2D eigenvalue weighted by Gasteiger charge is 2.14. The molecule has 4 aromatic rings. The third-order valence-corrected chi connectivity index (χ3v) is 3.97. The topological polar surface area (TPSA) is 81.2 Å². The Hall–Kier alpha value is -3.02. The molecule has 0 aliphatic carbocycles. The van der Waals surface area contributed by atoms with Crippen molar-refractivity contribution in [3.63, 3.8) is 0 Å². The lowest BCUT2D eigenvalue weighted by Crippen LogP contribution is -1.95. The highest BCUT2D eigenvalue weighted by atomic mass is 16.5. The van der Waals surface area contributed by atoms with Crippen molar-refractivity contribution in [2.45, 2.75) is 27.7 Å². The van der Waals surface area contributed by atoms with E-state index in [2.05, 4.69) is 28.3 Å². The summed E-state index contributed by atoms with van der Waals surface area (Å²) in [4.78, 5) is 0. The van der Waals surface area contributed by atoms with Crippen LogP contribution in [0.2, 0.25) is 0 Å². The largest absolute Gasteiger partial charge is 0.492 e. The van der Waals surface area contributed by atoms with Crippen LogP contribution in [0.5, 0.6) is 5.75 Å². The van der Waals surface area contributed by atoms with Gasteiger partial charge < -0.3 is 10.5 Å². The van der Waals surface area contributed by atoms with Crippen molar-refractivity contribution in [2.75, 3.05) is 12.3 Å². The number of hydrogen-bond acceptors (Lipinski definition) is 4. The third-order valence-electron chi connectivity index (χ3n) is 3.97. The predicted molar refractivity (Wildman–Crippen MR) is 102 cm³/mol. The van der Waals surface area contributed by atoms with Gasteiger partial charge in [0.05, 0.1) is 18.3 Å². The Morgan fingerprint density at radius 1 is 1.24 bits per heavy atom. The van der Waals surface area contributed by atoms with Crippen molar-refractivity contribution in [1.29, 1.82) is 0 Å². The smallest absolute Gasteiger partial charge is 0.146 e. The molecule has 0 aliphatic rings. The van der Waals surface area contributed by atoms with Gasteiger partial charge >= 0.3 is 0 Å². The summed E-state index contributed by atoms with van der Waals surface area (Å²) < 4.78 is 7.49. The average Bonchev–Trinajstić information content (AvgIpc) is 3.22. The first-order valence-corrected chi connectivity index (χ1v) is 8.52. The number of rotatable bonds is 3. The van der Waals surface area contributed by atoms with Crippen molar-refractivity contribution < 1.29 is 4.74 Å². The Balaban J connectivity index is 0.000000880. The molecule has 0 unspecified atom stereocenters. The maximum Gasteiger partial charge on any atom is 0.146 e. The summed E-state index contributed by atoms with van der Waals surface area (Å²) >= 11 is 0. The second-order valence-electron chi connectivity index (χ2n) is 5.51. The first-order valence-electron chi connectivity index (χ1n) is 8.52. The fraction of sp³-hybridized carbons (Fsp3) is 0.263. The molecule has 0 amide bonds. The van der Waals surface area contributed by atoms with Gasteiger partial charge in [-0.1, -0.05) is 13.8 Å². The number of pyridine rings is 1. The number of aromatic amines is 1. The van der Waals surface area contributed by atoms with Gasteiger partial charge in [-0.2, -0.15) is 10.2 Å². The van der Waals surface area contributed by atoms with Crippen molar-refractivity contribution in [3.05, 3.63) is 42.2 Å². The lowest BCUT2D eigenvalue weighted by atomic mass is 9.97. The number of aryl methyl sites for hydroxylation is 1. The summed E-state index contributed by atoms with van der Waals surface area (Å²) in [5, 5.41) is 12.5. The van der Waals surface area contributed by atoms with Gasteiger partial charge in [-0.05, 0) is 48.7 Å². The summed E-state index contributed by atoms with van der Waals surface area (Å²) in [7, 11) is 0. The van der Waals surface area contributed by atoms with E-state index in [1.807, 2.05) is 51.4 Å². The molecule has 0 saturated carbocycles. The van der Waals surface area contributed by atoms with E-state index in [1.54, 1.807) is 4.52 Å². The number of hydrogen-bond donors (Lipinski definition) is 2. The lowest BCUT2D eigenvalue weighted by molar-refractivity contribution is 0.343. The van der Waals surface area contributed by atoms with Crippen molar-refractivity contribution >= 4 is 22.2 Å². The number of ether oxygens (including phenoxy) is 1. The van der Waals surface area contributed by atoms with Crippen LogP contribution in [0, 0.1) is 6.92 Å². The number of nitrogens with zero attached hydrogens (tertiary/aromatic N) is 3. The Kier molecular flexibility index (Phi) is 4.61.